The Bertz CT molecular complexity index is 858. The Kier molecular flexibility index (Phi) is 7.62. The zero-order valence-electron chi connectivity index (χ0n) is 12.1. The van der Waals surface area contributed by atoms with Crippen molar-refractivity contribution in [2.45, 2.75) is 12.3 Å². The molecule has 0 aliphatic heterocycles. The van der Waals surface area contributed by atoms with Crippen LogP contribution in [0.25, 0.3) is 0 Å². The SMILES string of the molecule is Cl.N=c1c(C(N)=O)cc(Cl)cn1Cc1ccc(CS(=O)[O-])c(Br)c1. The third kappa shape index (κ3) is 5.15. The highest BCUT2D eigenvalue weighted by Crippen LogP contribution is 2.20. The highest BCUT2D eigenvalue weighted by molar-refractivity contribution is 9.10. The molecular weight excluding hydrogens is 441 g/mol. The van der Waals surface area contributed by atoms with E-state index in [9.17, 15) is 13.6 Å². The first-order valence-electron chi connectivity index (χ1n) is 6.35. The monoisotopic (exact) mass is 452 g/mol. The van der Waals surface area contributed by atoms with Gasteiger partial charge in [0.2, 0.25) is 0 Å². The molecule has 1 heterocycles. The molecule has 1 aromatic heterocycles. The summed E-state index contributed by atoms with van der Waals surface area (Å²) in [6, 6.07) is 6.56. The fourth-order valence-corrected chi connectivity index (χ4v) is 3.54. The van der Waals surface area contributed by atoms with Crippen LogP contribution in [0.15, 0.2) is 34.9 Å². The molecule has 1 aromatic carbocycles. The molecule has 1 atom stereocenters. The number of halogens is 3. The van der Waals surface area contributed by atoms with Gasteiger partial charge in [-0.25, -0.2) is 0 Å². The van der Waals surface area contributed by atoms with Crippen molar-refractivity contribution < 1.29 is 13.6 Å². The number of benzene rings is 1. The molecule has 0 spiro atoms. The predicted octanol–water partition coefficient (Wildman–Crippen LogP) is 2.33. The molecule has 2 rings (SSSR count). The molecule has 0 radical (unpaired) electrons. The fourth-order valence-electron chi connectivity index (χ4n) is 2.05. The lowest BCUT2D eigenvalue weighted by molar-refractivity contribution is 0.0997. The minimum atomic E-state index is -2.17. The van der Waals surface area contributed by atoms with Gasteiger partial charge in [0.15, 0.2) is 0 Å². The number of carbonyl (C=O) groups excluding carboxylic acids is 1. The zero-order valence-corrected chi connectivity index (χ0v) is 16.1. The molecule has 1 unspecified atom stereocenters. The molecule has 0 aliphatic carbocycles. The summed E-state index contributed by atoms with van der Waals surface area (Å²) in [7, 11) is 0. The van der Waals surface area contributed by atoms with Gasteiger partial charge in [-0.3, -0.25) is 14.4 Å². The fraction of sp³-hybridized carbons (Fsp3) is 0.143. The Labute approximate surface area is 160 Å². The molecular formula is C14H13BrCl2N3O3S-. The molecule has 10 heteroatoms. The van der Waals surface area contributed by atoms with Gasteiger partial charge in [-0.05, 0) is 23.3 Å². The smallest absolute Gasteiger partial charge is 0.252 e. The summed E-state index contributed by atoms with van der Waals surface area (Å²) < 4.78 is 23.7. The molecule has 130 valence electrons. The van der Waals surface area contributed by atoms with Gasteiger partial charge in [0.25, 0.3) is 5.91 Å². The Hall–Kier alpha value is -1.19. The molecule has 0 aliphatic rings. The van der Waals surface area contributed by atoms with Crippen molar-refractivity contribution >= 4 is 56.9 Å². The second-order valence-corrected chi connectivity index (χ2v) is 6.97. The van der Waals surface area contributed by atoms with E-state index in [1.165, 1.54) is 16.8 Å². The molecule has 0 saturated heterocycles. The van der Waals surface area contributed by atoms with E-state index in [1.807, 2.05) is 0 Å². The number of rotatable bonds is 5. The van der Waals surface area contributed by atoms with Gasteiger partial charge in [-0.15, -0.1) is 12.4 Å². The molecule has 0 saturated carbocycles. The average Bonchev–Trinajstić information content (AvgIpc) is 2.44. The Balaban J connectivity index is 0.00000288. The third-order valence-electron chi connectivity index (χ3n) is 3.11. The van der Waals surface area contributed by atoms with Gasteiger partial charge in [-0.2, -0.15) is 0 Å². The number of pyridine rings is 1. The normalized spacial score (nSPS) is 11.6. The van der Waals surface area contributed by atoms with Gasteiger partial charge in [-0.1, -0.05) is 50.7 Å². The van der Waals surface area contributed by atoms with E-state index in [0.717, 1.165) is 5.56 Å². The highest BCUT2D eigenvalue weighted by Gasteiger charge is 2.09. The molecule has 2 aromatic rings. The van der Waals surface area contributed by atoms with Gasteiger partial charge < -0.3 is 14.9 Å². The van der Waals surface area contributed by atoms with Crippen LogP contribution >= 0.6 is 39.9 Å². The maximum absolute atomic E-state index is 11.3. The van der Waals surface area contributed by atoms with Crippen molar-refractivity contribution in [3.8, 4) is 0 Å². The van der Waals surface area contributed by atoms with Crippen LogP contribution in [0.3, 0.4) is 0 Å². The zero-order chi connectivity index (χ0) is 17.1. The minimum absolute atomic E-state index is 0. The number of hydrogen-bond acceptors (Lipinski definition) is 4. The lowest BCUT2D eigenvalue weighted by Gasteiger charge is -2.12. The highest BCUT2D eigenvalue weighted by atomic mass is 79.9. The molecule has 24 heavy (non-hydrogen) atoms. The van der Waals surface area contributed by atoms with E-state index in [4.69, 9.17) is 22.7 Å². The first kappa shape index (κ1) is 20.9. The van der Waals surface area contributed by atoms with Crippen molar-refractivity contribution in [1.82, 2.24) is 4.57 Å². The summed E-state index contributed by atoms with van der Waals surface area (Å²) in [5.74, 6) is -0.804. The van der Waals surface area contributed by atoms with E-state index in [0.29, 0.717) is 21.6 Å². The number of nitrogens with zero attached hydrogens (tertiary/aromatic N) is 1. The molecule has 0 fully saturated rings. The summed E-state index contributed by atoms with van der Waals surface area (Å²) >= 11 is 7.12. The van der Waals surface area contributed by atoms with Crippen molar-refractivity contribution in [1.29, 1.82) is 5.41 Å². The Morgan fingerprint density at radius 2 is 2.08 bits per heavy atom. The van der Waals surface area contributed by atoms with Crippen LogP contribution in [0, 0.1) is 5.41 Å². The van der Waals surface area contributed by atoms with Gasteiger partial charge in [0, 0.05) is 23.0 Å². The van der Waals surface area contributed by atoms with Gasteiger partial charge in [0.05, 0.1) is 10.6 Å². The summed E-state index contributed by atoms with van der Waals surface area (Å²) in [5.41, 5.74) is 6.69. The Morgan fingerprint density at radius 1 is 1.42 bits per heavy atom. The number of nitrogens with two attached hydrogens (primary N) is 1. The molecule has 1 amide bonds. The topological polar surface area (TPSA) is 112 Å². The molecule has 0 bridgehead atoms. The number of amides is 1. The van der Waals surface area contributed by atoms with Crippen molar-refractivity contribution in [2.24, 2.45) is 5.73 Å². The standard InChI is InChI=1S/C14H13BrClN3O3S.ClH/c15-12-3-8(1-2-9(12)7-23(21)22)5-19-6-10(16)4-11(13(19)17)14(18)20;/h1-4,6,17H,5,7H2,(H2,18,20)(H,21,22);1H/p-1. The van der Waals surface area contributed by atoms with Crippen LogP contribution in [0.1, 0.15) is 21.5 Å². The quantitative estimate of drug-likeness (QED) is 0.677. The van der Waals surface area contributed by atoms with Gasteiger partial charge >= 0.3 is 0 Å². The first-order chi connectivity index (χ1) is 10.8. The van der Waals surface area contributed by atoms with Crippen LogP contribution in [-0.2, 0) is 23.4 Å². The van der Waals surface area contributed by atoms with E-state index in [1.54, 1.807) is 18.2 Å². The van der Waals surface area contributed by atoms with Crippen LogP contribution in [0.2, 0.25) is 5.02 Å². The molecule has 3 N–H and O–H groups in total. The maximum atomic E-state index is 11.3. The van der Waals surface area contributed by atoms with Crippen molar-refractivity contribution in [3.05, 3.63) is 62.1 Å². The Morgan fingerprint density at radius 3 is 2.62 bits per heavy atom. The van der Waals surface area contributed by atoms with E-state index in [-0.39, 0.29) is 29.2 Å². The number of aromatic nitrogens is 1. The van der Waals surface area contributed by atoms with Crippen LogP contribution in [0.5, 0.6) is 0 Å². The van der Waals surface area contributed by atoms with Crippen molar-refractivity contribution in [2.75, 3.05) is 0 Å². The number of carbonyl (C=O) groups is 1. The largest absolute Gasteiger partial charge is 0.772 e. The van der Waals surface area contributed by atoms with Crippen LogP contribution in [0.4, 0.5) is 0 Å². The predicted molar refractivity (Wildman–Crippen MR) is 96.9 cm³/mol. The van der Waals surface area contributed by atoms with E-state index >= 15 is 0 Å². The first-order valence-corrected chi connectivity index (χ1v) is 8.77. The van der Waals surface area contributed by atoms with E-state index < -0.39 is 17.0 Å². The molecule has 6 nitrogen and oxygen atoms in total. The summed E-state index contributed by atoms with van der Waals surface area (Å²) in [5, 5.41) is 8.32. The lowest BCUT2D eigenvalue weighted by Crippen LogP contribution is -2.29. The van der Waals surface area contributed by atoms with Crippen LogP contribution < -0.4 is 11.2 Å². The lowest BCUT2D eigenvalue weighted by atomic mass is 10.1. The number of hydrogen-bond donors (Lipinski definition) is 2. The number of nitrogens with one attached hydrogen (secondary N) is 1. The van der Waals surface area contributed by atoms with E-state index in [2.05, 4.69) is 15.9 Å². The minimum Gasteiger partial charge on any atom is -0.772 e. The summed E-state index contributed by atoms with van der Waals surface area (Å²) in [4.78, 5) is 11.3. The second-order valence-electron chi connectivity index (χ2n) is 4.79. The summed E-state index contributed by atoms with van der Waals surface area (Å²) in [6.45, 7) is 0.291. The summed E-state index contributed by atoms with van der Waals surface area (Å²) in [6.07, 6.45) is 1.53. The number of primary amides is 1. The van der Waals surface area contributed by atoms with Crippen LogP contribution in [-0.4, -0.2) is 19.2 Å². The third-order valence-corrected chi connectivity index (χ3v) is 4.60. The average molecular weight is 454 g/mol. The second kappa shape index (κ2) is 8.77. The maximum Gasteiger partial charge on any atom is 0.252 e. The van der Waals surface area contributed by atoms with Gasteiger partial charge in [0.1, 0.15) is 5.49 Å². The van der Waals surface area contributed by atoms with Crippen molar-refractivity contribution in [3.63, 3.8) is 0 Å².